The van der Waals surface area contributed by atoms with Crippen molar-refractivity contribution in [2.45, 2.75) is 24.7 Å². The first-order valence-corrected chi connectivity index (χ1v) is 12.4. The number of amides is 2. The van der Waals surface area contributed by atoms with Crippen molar-refractivity contribution >= 4 is 31.2 Å². The van der Waals surface area contributed by atoms with Crippen LogP contribution in [0.15, 0.2) is 72.8 Å². The van der Waals surface area contributed by atoms with E-state index in [-0.39, 0.29) is 31.6 Å². The van der Waals surface area contributed by atoms with Gasteiger partial charge in [0.25, 0.3) is 0 Å². The zero-order valence-corrected chi connectivity index (χ0v) is 20.0. The van der Waals surface area contributed by atoms with E-state index in [2.05, 4.69) is 19.1 Å². The van der Waals surface area contributed by atoms with Gasteiger partial charge in [0.2, 0.25) is 0 Å². The Morgan fingerprint density at radius 2 is 1.50 bits per heavy atom. The fraction of sp³-hybridized carbons (Fsp3) is 0.231. The molecule has 3 aromatic rings. The van der Waals surface area contributed by atoms with Crippen molar-refractivity contribution in [3.05, 3.63) is 89.5 Å². The Hall–Kier alpha value is -3.08. The van der Waals surface area contributed by atoms with Crippen LogP contribution in [0.5, 0.6) is 11.5 Å². The maximum atomic E-state index is 13.4. The first-order valence-electron chi connectivity index (χ1n) is 10.5. The molecule has 0 saturated carbocycles. The predicted octanol–water partition coefficient (Wildman–Crippen LogP) is 4.27. The second-order valence-electron chi connectivity index (χ2n) is 7.45. The van der Waals surface area contributed by atoms with E-state index in [0.717, 1.165) is 5.56 Å². The molecule has 4 rings (SSSR count). The average molecular weight is 494 g/mol. The van der Waals surface area contributed by atoms with Gasteiger partial charge in [0.1, 0.15) is 0 Å². The molecule has 0 aromatic heterocycles. The van der Waals surface area contributed by atoms with Crippen molar-refractivity contribution in [2.75, 3.05) is 13.7 Å². The molecule has 0 bridgehead atoms. The summed E-state index contributed by atoms with van der Waals surface area (Å²) in [6, 6.07) is 22.5. The van der Waals surface area contributed by atoms with E-state index in [1.807, 2.05) is 43.3 Å². The van der Waals surface area contributed by atoms with Gasteiger partial charge in [0, 0.05) is 0 Å². The van der Waals surface area contributed by atoms with Crippen LogP contribution in [0, 0.1) is 0 Å². The number of ether oxygens (including phenoxy) is 2. The standard InChI is InChI=1S/C26H25NO4Se/c1-4-31-22-15-14-18(16-23(22)30-3)24(17(2)32-19-10-6-5-7-11-19)27-25(28)20-12-8-9-13-21(20)26(27)29/h5-17,24H,4H2,1-3H3/t17-,24-/m0/s1. The summed E-state index contributed by atoms with van der Waals surface area (Å²) < 4.78 is 12.4. The first kappa shape index (κ1) is 22.1. The molecule has 32 heavy (non-hydrogen) atoms. The number of carbonyl (C=O) groups excluding carboxylic acids is 2. The van der Waals surface area contributed by atoms with Crippen LogP contribution in [-0.2, 0) is 0 Å². The van der Waals surface area contributed by atoms with E-state index in [1.54, 1.807) is 31.4 Å². The Morgan fingerprint density at radius 1 is 0.875 bits per heavy atom. The Bertz CT molecular complexity index is 1100. The van der Waals surface area contributed by atoms with Crippen LogP contribution in [0.2, 0.25) is 4.82 Å². The zero-order chi connectivity index (χ0) is 22.7. The van der Waals surface area contributed by atoms with E-state index in [0.29, 0.717) is 29.2 Å². The second kappa shape index (κ2) is 9.60. The average Bonchev–Trinajstić information content (AvgIpc) is 3.06. The monoisotopic (exact) mass is 495 g/mol. The fourth-order valence-corrected chi connectivity index (χ4v) is 6.43. The molecule has 3 aromatic carbocycles. The number of nitrogens with zero attached hydrogens (tertiary/aromatic N) is 1. The molecule has 1 aliphatic heterocycles. The van der Waals surface area contributed by atoms with E-state index in [4.69, 9.17) is 9.47 Å². The topological polar surface area (TPSA) is 55.8 Å². The van der Waals surface area contributed by atoms with Crippen molar-refractivity contribution in [3.8, 4) is 11.5 Å². The molecule has 0 spiro atoms. The number of hydrogen-bond donors (Lipinski definition) is 0. The van der Waals surface area contributed by atoms with Gasteiger partial charge in [-0.15, -0.1) is 0 Å². The van der Waals surface area contributed by atoms with Crippen LogP contribution in [0.4, 0.5) is 0 Å². The Morgan fingerprint density at radius 3 is 2.09 bits per heavy atom. The molecule has 164 valence electrons. The summed E-state index contributed by atoms with van der Waals surface area (Å²) in [5.74, 6) is 0.727. The summed E-state index contributed by atoms with van der Waals surface area (Å²) in [6.07, 6.45) is 0. The predicted molar refractivity (Wildman–Crippen MR) is 125 cm³/mol. The molecule has 0 fully saturated rings. The molecular weight excluding hydrogens is 469 g/mol. The first-order chi connectivity index (χ1) is 15.5. The summed E-state index contributed by atoms with van der Waals surface area (Å²) >= 11 is 0.0348. The van der Waals surface area contributed by atoms with Crippen molar-refractivity contribution in [2.24, 2.45) is 0 Å². The SMILES string of the molecule is CCOc1ccc([C@H]([C@H](C)[Se]c2ccccc2)N2C(=O)c3ccccc3C2=O)cc1OC. The van der Waals surface area contributed by atoms with Gasteiger partial charge >= 0.3 is 195 Å². The number of fused-ring (bicyclic) bond motifs is 1. The second-order valence-corrected chi connectivity index (χ2v) is 10.5. The summed E-state index contributed by atoms with van der Waals surface area (Å²) in [5.41, 5.74) is 1.77. The molecule has 0 saturated heterocycles. The minimum absolute atomic E-state index is 0.0348. The summed E-state index contributed by atoms with van der Waals surface area (Å²) in [5, 5.41) is 0. The third kappa shape index (κ3) is 4.16. The quantitative estimate of drug-likeness (QED) is 0.347. The van der Waals surface area contributed by atoms with E-state index >= 15 is 0 Å². The van der Waals surface area contributed by atoms with Gasteiger partial charge in [0.15, 0.2) is 0 Å². The molecule has 0 unspecified atom stereocenters. The van der Waals surface area contributed by atoms with Crippen molar-refractivity contribution in [1.82, 2.24) is 4.90 Å². The van der Waals surface area contributed by atoms with Gasteiger partial charge in [-0.2, -0.15) is 0 Å². The normalized spacial score (nSPS) is 14.8. The van der Waals surface area contributed by atoms with Crippen LogP contribution in [0.3, 0.4) is 0 Å². The van der Waals surface area contributed by atoms with Gasteiger partial charge < -0.3 is 0 Å². The van der Waals surface area contributed by atoms with Crippen LogP contribution in [0.25, 0.3) is 0 Å². The Labute approximate surface area is 194 Å². The van der Waals surface area contributed by atoms with E-state index < -0.39 is 6.04 Å². The molecule has 0 aliphatic carbocycles. The van der Waals surface area contributed by atoms with Gasteiger partial charge in [-0.25, -0.2) is 0 Å². The molecule has 2 amide bonds. The number of imide groups is 1. The van der Waals surface area contributed by atoms with Crippen molar-refractivity contribution < 1.29 is 19.1 Å². The zero-order valence-electron chi connectivity index (χ0n) is 18.3. The molecule has 0 N–H and O–H groups in total. The number of methoxy groups -OCH3 is 1. The summed E-state index contributed by atoms with van der Waals surface area (Å²) in [6.45, 7) is 4.54. The summed E-state index contributed by atoms with van der Waals surface area (Å²) in [4.78, 5) is 28.2. The van der Waals surface area contributed by atoms with Gasteiger partial charge in [-0.1, -0.05) is 0 Å². The van der Waals surface area contributed by atoms with Gasteiger partial charge in [-0.05, 0) is 0 Å². The third-order valence-electron chi connectivity index (χ3n) is 5.44. The van der Waals surface area contributed by atoms with Crippen molar-refractivity contribution in [1.29, 1.82) is 0 Å². The molecule has 2 atom stereocenters. The summed E-state index contributed by atoms with van der Waals surface area (Å²) in [7, 11) is 1.59. The van der Waals surface area contributed by atoms with Gasteiger partial charge in [0.05, 0.1) is 0 Å². The number of carbonyl (C=O) groups is 2. The molecule has 6 heteroatoms. The molecule has 1 aliphatic rings. The minimum atomic E-state index is -0.424. The molecule has 5 nitrogen and oxygen atoms in total. The number of benzene rings is 3. The molecule has 1 heterocycles. The molecular formula is C26H25NO4Se. The number of hydrogen-bond acceptors (Lipinski definition) is 4. The fourth-order valence-electron chi connectivity index (χ4n) is 4.01. The van der Waals surface area contributed by atoms with E-state index in [9.17, 15) is 9.59 Å². The van der Waals surface area contributed by atoms with Crippen molar-refractivity contribution in [3.63, 3.8) is 0 Å². The Kier molecular flexibility index (Phi) is 6.63. The third-order valence-corrected chi connectivity index (χ3v) is 7.91. The van der Waals surface area contributed by atoms with Crippen LogP contribution < -0.4 is 13.9 Å². The van der Waals surface area contributed by atoms with Crippen LogP contribution >= 0.6 is 0 Å². The van der Waals surface area contributed by atoms with E-state index in [1.165, 1.54) is 9.36 Å². The molecule has 0 radical (unpaired) electrons. The maximum absolute atomic E-state index is 13.4. The number of rotatable bonds is 8. The Balaban J connectivity index is 1.77. The van der Waals surface area contributed by atoms with Crippen LogP contribution in [-0.4, -0.2) is 45.4 Å². The van der Waals surface area contributed by atoms with Gasteiger partial charge in [-0.3, -0.25) is 0 Å². The van der Waals surface area contributed by atoms with Crippen LogP contribution in [0.1, 0.15) is 46.2 Å².